The molecule has 1 aliphatic rings. The average molecular weight is 371 g/mol. The van der Waals surface area contributed by atoms with Crippen molar-refractivity contribution in [2.75, 3.05) is 19.6 Å². The van der Waals surface area contributed by atoms with Crippen molar-refractivity contribution in [3.05, 3.63) is 24.3 Å². The number of benzene rings is 1. The number of ether oxygens (including phenoxy) is 1. The van der Waals surface area contributed by atoms with Crippen LogP contribution < -0.4 is 10.2 Å². The van der Waals surface area contributed by atoms with Gasteiger partial charge >= 0.3 is 15.1 Å². The van der Waals surface area contributed by atoms with Crippen LogP contribution in [-0.2, 0) is 18.4 Å². The molecule has 140 valence electrons. The predicted octanol–water partition coefficient (Wildman–Crippen LogP) is 3.15. The zero-order valence-electron chi connectivity index (χ0n) is 15.9. The lowest BCUT2D eigenvalue weighted by atomic mass is 9.79. The Morgan fingerprint density at radius 3 is 1.88 bits per heavy atom. The molecule has 1 aliphatic heterocycles. The third-order valence-electron chi connectivity index (χ3n) is 4.46. The van der Waals surface area contributed by atoms with Crippen molar-refractivity contribution in [1.82, 2.24) is 0 Å². The maximum Gasteiger partial charge on any atom is 0.494 e. The average Bonchev–Trinajstić information content (AvgIpc) is 2.75. The molecule has 0 saturated carbocycles. The highest BCUT2D eigenvalue weighted by atomic mass is 31.2. The molecule has 1 fully saturated rings. The van der Waals surface area contributed by atoms with E-state index in [0.29, 0.717) is 19.0 Å². The first-order valence-corrected chi connectivity index (χ1v) is 10.4. The standard InChI is InChI=1S/C17H29BO6P/c1-7-21-25(19,22-8-2)13-20-15-11-9-14(10-12-15)18-23-16(3,4)17(5,6)24-18/h9-12,19H,7-8,13H2,1-6H3/q+1. The summed E-state index contributed by atoms with van der Waals surface area (Å²) in [6.07, 6.45) is -0.00941. The van der Waals surface area contributed by atoms with Crippen LogP contribution in [0.25, 0.3) is 0 Å². The predicted molar refractivity (Wildman–Crippen MR) is 100 cm³/mol. The fraction of sp³-hybridized carbons (Fsp3) is 0.647. The monoisotopic (exact) mass is 371 g/mol. The van der Waals surface area contributed by atoms with E-state index in [4.69, 9.17) is 23.1 Å². The van der Waals surface area contributed by atoms with E-state index in [1.54, 1.807) is 0 Å². The smallest absolute Gasteiger partial charge is 0.451 e. The third kappa shape index (κ3) is 4.94. The van der Waals surface area contributed by atoms with Gasteiger partial charge in [0.2, 0.25) is 0 Å². The van der Waals surface area contributed by atoms with Gasteiger partial charge in [-0.1, -0.05) is 12.1 Å². The van der Waals surface area contributed by atoms with E-state index in [-0.39, 0.29) is 17.6 Å². The van der Waals surface area contributed by atoms with Gasteiger partial charge < -0.3 is 14.0 Å². The van der Waals surface area contributed by atoms with Gasteiger partial charge in [0, 0.05) is 0 Å². The highest BCUT2D eigenvalue weighted by Gasteiger charge is 2.51. The summed E-state index contributed by atoms with van der Waals surface area (Å²) in [5.41, 5.74) is 0.177. The SMILES string of the molecule is CCO[P+](O)(COc1ccc(B2OC(C)(C)C(C)(C)O2)cc1)OCC. The lowest BCUT2D eigenvalue weighted by molar-refractivity contribution is 0.00578. The van der Waals surface area contributed by atoms with Crippen LogP contribution in [0.5, 0.6) is 5.75 Å². The molecule has 0 radical (unpaired) electrons. The Balaban J connectivity index is 1.99. The number of hydrogen-bond donors (Lipinski definition) is 1. The van der Waals surface area contributed by atoms with Gasteiger partial charge in [-0.15, -0.1) is 0 Å². The Labute approximate surface area is 151 Å². The summed E-state index contributed by atoms with van der Waals surface area (Å²) in [4.78, 5) is 10.3. The van der Waals surface area contributed by atoms with Crippen molar-refractivity contribution in [1.29, 1.82) is 0 Å². The van der Waals surface area contributed by atoms with Crippen molar-refractivity contribution in [2.45, 2.75) is 52.7 Å². The van der Waals surface area contributed by atoms with Crippen molar-refractivity contribution < 1.29 is 28.0 Å². The molecular weight excluding hydrogens is 342 g/mol. The van der Waals surface area contributed by atoms with E-state index in [1.807, 2.05) is 65.8 Å². The summed E-state index contributed by atoms with van der Waals surface area (Å²) in [6.45, 7) is 12.5. The molecule has 1 saturated heterocycles. The summed E-state index contributed by atoms with van der Waals surface area (Å²) in [6, 6.07) is 7.44. The van der Waals surface area contributed by atoms with E-state index in [2.05, 4.69) is 0 Å². The van der Waals surface area contributed by atoms with Gasteiger partial charge in [0.1, 0.15) is 5.75 Å². The normalized spacial score (nSPS) is 19.2. The zero-order valence-corrected chi connectivity index (χ0v) is 16.8. The van der Waals surface area contributed by atoms with Crippen LogP contribution in [-0.4, -0.2) is 42.8 Å². The molecule has 0 amide bonds. The second kappa shape index (κ2) is 7.91. The van der Waals surface area contributed by atoms with Gasteiger partial charge in [-0.2, -0.15) is 13.9 Å². The summed E-state index contributed by atoms with van der Waals surface area (Å²) in [7, 11) is -3.38. The minimum Gasteiger partial charge on any atom is -0.451 e. The molecule has 25 heavy (non-hydrogen) atoms. The second-order valence-corrected chi connectivity index (χ2v) is 8.95. The zero-order chi connectivity index (χ0) is 18.7. The molecule has 8 heteroatoms. The summed E-state index contributed by atoms with van der Waals surface area (Å²) < 4.78 is 28.3. The largest absolute Gasteiger partial charge is 0.494 e. The van der Waals surface area contributed by atoms with E-state index in [9.17, 15) is 4.89 Å². The van der Waals surface area contributed by atoms with E-state index in [1.165, 1.54) is 0 Å². The Morgan fingerprint density at radius 2 is 1.44 bits per heavy atom. The Kier molecular flexibility index (Phi) is 6.52. The molecule has 6 nitrogen and oxygen atoms in total. The molecule has 0 bridgehead atoms. The minimum atomic E-state index is -2.97. The van der Waals surface area contributed by atoms with Crippen molar-refractivity contribution >= 4 is 20.5 Å². The molecule has 0 unspecified atom stereocenters. The van der Waals surface area contributed by atoms with Gasteiger partial charge in [0.15, 0.2) is 0 Å². The van der Waals surface area contributed by atoms with Gasteiger partial charge in [0.05, 0.1) is 24.4 Å². The summed E-state index contributed by atoms with van der Waals surface area (Å²) in [5.74, 6) is 0.623. The summed E-state index contributed by atoms with van der Waals surface area (Å²) in [5, 5.41) is 0. The number of hydrogen-bond acceptors (Lipinski definition) is 6. The van der Waals surface area contributed by atoms with Gasteiger partial charge in [-0.05, 0) is 59.1 Å². The molecule has 1 N–H and O–H groups in total. The van der Waals surface area contributed by atoms with Crippen LogP contribution in [0.15, 0.2) is 24.3 Å². The van der Waals surface area contributed by atoms with Crippen LogP contribution in [0, 0.1) is 0 Å². The Hall–Kier alpha value is -0.685. The molecule has 2 rings (SSSR count). The molecule has 0 spiro atoms. The molecule has 1 aromatic rings. The van der Waals surface area contributed by atoms with E-state index >= 15 is 0 Å². The van der Waals surface area contributed by atoms with Crippen LogP contribution in [0.3, 0.4) is 0 Å². The van der Waals surface area contributed by atoms with Gasteiger partial charge in [-0.25, -0.2) is 0 Å². The van der Waals surface area contributed by atoms with Crippen LogP contribution in [0.2, 0.25) is 0 Å². The quantitative estimate of drug-likeness (QED) is 0.560. The van der Waals surface area contributed by atoms with Gasteiger partial charge in [-0.3, -0.25) is 0 Å². The highest BCUT2D eigenvalue weighted by molar-refractivity contribution is 7.60. The van der Waals surface area contributed by atoms with Gasteiger partial charge in [0.25, 0.3) is 6.35 Å². The second-order valence-electron chi connectivity index (χ2n) is 6.90. The lowest BCUT2D eigenvalue weighted by Crippen LogP contribution is -2.41. The maximum atomic E-state index is 10.3. The topological polar surface area (TPSA) is 66.4 Å². The first-order valence-electron chi connectivity index (χ1n) is 8.61. The minimum absolute atomic E-state index is 0.00941. The molecule has 0 atom stereocenters. The molecular formula is C17H29BO6P+. The summed E-state index contributed by atoms with van der Waals surface area (Å²) >= 11 is 0. The van der Waals surface area contributed by atoms with Crippen molar-refractivity contribution in [2.24, 2.45) is 0 Å². The molecule has 0 aliphatic carbocycles. The first kappa shape index (κ1) is 20.6. The van der Waals surface area contributed by atoms with Crippen molar-refractivity contribution in [3.63, 3.8) is 0 Å². The third-order valence-corrected chi connectivity index (χ3v) is 6.24. The Morgan fingerprint density at radius 1 is 0.960 bits per heavy atom. The number of rotatable bonds is 8. The van der Waals surface area contributed by atoms with E-state index in [0.717, 1.165) is 5.46 Å². The van der Waals surface area contributed by atoms with Crippen molar-refractivity contribution in [3.8, 4) is 5.75 Å². The fourth-order valence-electron chi connectivity index (χ4n) is 2.37. The first-order chi connectivity index (χ1) is 11.6. The lowest BCUT2D eigenvalue weighted by Gasteiger charge is -2.32. The highest BCUT2D eigenvalue weighted by Crippen LogP contribution is 2.56. The van der Waals surface area contributed by atoms with Crippen LogP contribution in [0.1, 0.15) is 41.5 Å². The Bertz CT molecular complexity index is 541. The maximum absolute atomic E-state index is 10.3. The van der Waals surface area contributed by atoms with Crippen LogP contribution >= 0.6 is 7.94 Å². The molecule has 0 aromatic heterocycles. The molecule has 1 heterocycles. The van der Waals surface area contributed by atoms with E-state index < -0.39 is 15.1 Å². The molecule has 1 aromatic carbocycles. The fourth-order valence-corrected chi connectivity index (χ4v) is 3.71. The van der Waals surface area contributed by atoms with Crippen LogP contribution in [0.4, 0.5) is 0 Å².